The first-order chi connectivity index (χ1) is 5.25. The van der Waals surface area contributed by atoms with Crippen molar-refractivity contribution in [3.63, 3.8) is 0 Å². The Hall–Kier alpha value is -0.620. The van der Waals surface area contributed by atoms with E-state index in [4.69, 9.17) is 4.55 Å². The fraction of sp³-hybridized carbons (Fsp3) is 0.833. The molecule has 0 rings (SSSR count). The van der Waals surface area contributed by atoms with Gasteiger partial charge in [-0.2, -0.15) is 8.42 Å². The standard InChI is InChI=1S/C6H13NO4S/c1-4(2)6(7-5(3)8)12(9,10)11/h4,6H,1-3H3,(H,7,8)(H,9,10,11). The minimum absolute atomic E-state index is 0.358. The number of hydrogen-bond donors (Lipinski definition) is 2. The van der Waals surface area contributed by atoms with Crippen molar-refractivity contribution in [2.45, 2.75) is 26.1 Å². The molecule has 0 aromatic heterocycles. The average Bonchev–Trinajstić information content (AvgIpc) is 1.79. The minimum atomic E-state index is -4.19. The number of amides is 1. The first-order valence-electron chi connectivity index (χ1n) is 3.48. The highest BCUT2D eigenvalue weighted by Crippen LogP contribution is 2.07. The topological polar surface area (TPSA) is 83.5 Å². The van der Waals surface area contributed by atoms with Crippen LogP contribution in [0.15, 0.2) is 0 Å². The third-order valence-electron chi connectivity index (χ3n) is 1.27. The fourth-order valence-electron chi connectivity index (χ4n) is 0.785. The van der Waals surface area contributed by atoms with E-state index in [9.17, 15) is 13.2 Å². The molecule has 0 aliphatic heterocycles. The molecule has 6 heteroatoms. The first kappa shape index (κ1) is 11.4. The van der Waals surface area contributed by atoms with Crippen molar-refractivity contribution in [1.82, 2.24) is 5.32 Å². The van der Waals surface area contributed by atoms with E-state index in [1.807, 2.05) is 0 Å². The number of nitrogens with one attached hydrogen (secondary N) is 1. The second-order valence-electron chi connectivity index (χ2n) is 2.88. The van der Waals surface area contributed by atoms with Gasteiger partial charge in [0.05, 0.1) is 0 Å². The van der Waals surface area contributed by atoms with E-state index in [2.05, 4.69) is 5.32 Å². The van der Waals surface area contributed by atoms with Crippen LogP contribution in [0.25, 0.3) is 0 Å². The van der Waals surface area contributed by atoms with Crippen molar-refractivity contribution in [3.8, 4) is 0 Å². The Kier molecular flexibility index (Phi) is 3.66. The van der Waals surface area contributed by atoms with Gasteiger partial charge in [-0.25, -0.2) is 0 Å². The van der Waals surface area contributed by atoms with E-state index in [0.29, 0.717) is 0 Å². The summed E-state index contributed by atoms with van der Waals surface area (Å²) in [5.74, 6) is -0.838. The Morgan fingerprint density at radius 2 is 1.83 bits per heavy atom. The highest BCUT2D eigenvalue weighted by atomic mass is 32.2. The fourth-order valence-corrected chi connectivity index (χ4v) is 1.79. The summed E-state index contributed by atoms with van der Waals surface area (Å²) in [6.45, 7) is 4.38. The molecule has 1 atom stereocenters. The molecular formula is C6H13NO4S. The van der Waals surface area contributed by atoms with E-state index in [1.165, 1.54) is 6.92 Å². The lowest BCUT2D eigenvalue weighted by Crippen LogP contribution is -2.42. The molecule has 1 unspecified atom stereocenters. The van der Waals surface area contributed by atoms with Crippen LogP contribution in [0.5, 0.6) is 0 Å². The molecule has 0 aromatic rings. The van der Waals surface area contributed by atoms with Crippen LogP contribution in [-0.4, -0.2) is 24.3 Å². The Labute approximate surface area is 71.9 Å². The second kappa shape index (κ2) is 3.86. The molecule has 0 aromatic carbocycles. The molecule has 0 aliphatic rings. The van der Waals surface area contributed by atoms with E-state index in [1.54, 1.807) is 13.8 Å². The Morgan fingerprint density at radius 3 is 1.92 bits per heavy atom. The van der Waals surface area contributed by atoms with Crippen LogP contribution >= 0.6 is 0 Å². The van der Waals surface area contributed by atoms with Gasteiger partial charge < -0.3 is 5.32 Å². The van der Waals surface area contributed by atoms with Crippen molar-refractivity contribution in [2.75, 3.05) is 0 Å². The van der Waals surface area contributed by atoms with E-state index >= 15 is 0 Å². The SMILES string of the molecule is CC(=O)NC(C(C)C)S(=O)(=O)O. The predicted molar refractivity (Wildman–Crippen MR) is 44.0 cm³/mol. The lowest BCUT2D eigenvalue weighted by molar-refractivity contribution is -0.119. The molecule has 12 heavy (non-hydrogen) atoms. The molecule has 0 aliphatic carbocycles. The van der Waals surface area contributed by atoms with Crippen molar-refractivity contribution in [3.05, 3.63) is 0 Å². The normalized spacial score (nSPS) is 14.4. The first-order valence-corrected chi connectivity index (χ1v) is 4.99. The summed E-state index contributed by atoms with van der Waals surface area (Å²) in [4.78, 5) is 10.5. The van der Waals surface area contributed by atoms with Crippen molar-refractivity contribution in [2.24, 2.45) is 5.92 Å². The van der Waals surface area contributed by atoms with Gasteiger partial charge in [-0.3, -0.25) is 9.35 Å². The third kappa shape index (κ3) is 3.68. The molecule has 0 fully saturated rings. The van der Waals surface area contributed by atoms with Gasteiger partial charge in [0, 0.05) is 6.92 Å². The van der Waals surface area contributed by atoms with Crippen molar-refractivity contribution < 1.29 is 17.8 Å². The van der Waals surface area contributed by atoms with Crippen LogP contribution in [0.3, 0.4) is 0 Å². The molecule has 0 saturated carbocycles. The van der Waals surface area contributed by atoms with Gasteiger partial charge in [0.1, 0.15) is 0 Å². The van der Waals surface area contributed by atoms with Crippen LogP contribution in [0.1, 0.15) is 20.8 Å². The zero-order valence-electron chi connectivity index (χ0n) is 7.23. The lowest BCUT2D eigenvalue weighted by Gasteiger charge is -2.17. The average molecular weight is 195 g/mol. The zero-order valence-corrected chi connectivity index (χ0v) is 8.05. The Bertz CT molecular complexity index is 257. The summed E-state index contributed by atoms with van der Waals surface area (Å²) in [5, 5.41) is 0.929. The predicted octanol–water partition coefficient (Wildman–Crippen LogP) is -0.00760. The van der Waals surface area contributed by atoms with Gasteiger partial charge >= 0.3 is 0 Å². The molecule has 0 heterocycles. The molecule has 1 amide bonds. The van der Waals surface area contributed by atoms with E-state index in [0.717, 1.165) is 0 Å². The van der Waals surface area contributed by atoms with Crippen LogP contribution in [0.2, 0.25) is 0 Å². The Balaban J connectivity index is 4.58. The molecule has 2 N–H and O–H groups in total. The maximum atomic E-state index is 10.6. The molecule has 0 radical (unpaired) electrons. The summed E-state index contributed by atoms with van der Waals surface area (Å²) < 4.78 is 30.0. The smallest absolute Gasteiger partial charge is 0.286 e. The summed E-state index contributed by atoms with van der Waals surface area (Å²) >= 11 is 0. The Morgan fingerprint density at radius 1 is 1.42 bits per heavy atom. The maximum Gasteiger partial charge on any atom is 0.286 e. The summed E-state index contributed by atoms with van der Waals surface area (Å²) in [6.07, 6.45) is 0. The molecule has 0 bridgehead atoms. The molecule has 5 nitrogen and oxygen atoms in total. The van der Waals surface area contributed by atoms with E-state index < -0.39 is 21.4 Å². The third-order valence-corrected chi connectivity index (χ3v) is 2.58. The van der Waals surface area contributed by atoms with Gasteiger partial charge in [-0.1, -0.05) is 13.8 Å². The van der Waals surface area contributed by atoms with Crippen molar-refractivity contribution >= 4 is 16.0 Å². The monoisotopic (exact) mass is 195 g/mol. The van der Waals surface area contributed by atoms with Crippen LogP contribution < -0.4 is 5.32 Å². The van der Waals surface area contributed by atoms with E-state index in [-0.39, 0.29) is 5.92 Å². The van der Waals surface area contributed by atoms with Gasteiger partial charge in [-0.15, -0.1) is 0 Å². The van der Waals surface area contributed by atoms with Crippen LogP contribution in [-0.2, 0) is 14.9 Å². The quantitative estimate of drug-likeness (QED) is 0.620. The largest absolute Gasteiger partial charge is 0.338 e. The number of carbonyl (C=O) groups excluding carboxylic acids is 1. The van der Waals surface area contributed by atoms with Crippen LogP contribution in [0, 0.1) is 5.92 Å². The van der Waals surface area contributed by atoms with Gasteiger partial charge in [0.2, 0.25) is 5.91 Å². The molecule has 0 saturated heterocycles. The number of carbonyl (C=O) groups is 1. The zero-order chi connectivity index (χ0) is 9.94. The highest BCUT2D eigenvalue weighted by molar-refractivity contribution is 7.86. The lowest BCUT2D eigenvalue weighted by atomic mass is 10.2. The summed E-state index contributed by atoms with van der Waals surface area (Å²) in [7, 11) is -4.19. The number of hydrogen-bond acceptors (Lipinski definition) is 3. The van der Waals surface area contributed by atoms with Crippen LogP contribution in [0.4, 0.5) is 0 Å². The molecule has 0 spiro atoms. The van der Waals surface area contributed by atoms with Crippen molar-refractivity contribution in [1.29, 1.82) is 0 Å². The van der Waals surface area contributed by atoms with Gasteiger partial charge in [0.25, 0.3) is 10.1 Å². The summed E-state index contributed by atoms with van der Waals surface area (Å²) in [5.41, 5.74) is 0. The van der Waals surface area contributed by atoms with Gasteiger partial charge in [-0.05, 0) is 5.92 Å². The minimum Gasteiger partial charge on any atom is -0.338 e. The second-order valence-corrected chi connectivity index (χ2v) is 4.42. The summed E-state index contributed by atoms with van der Waals surface area (Å²) in [6, 6.07) is 0. The van der Waals surface area contributed by atoms with Gasteiger partial charge in [0.15, 0.2) is 5.37 Å². The maximum absolute atomic E-state index is 10.6. The number of rotatable bonds is 3. The molecule has 72 valence electrons. The molecular weight excluding hydrogens is 182 g/mol. The highest BCUT2D eigenvalue weighted by Gasteiger charge is 2.26.